The molecule has 0 saturated carbocycles. The number of nitrogens with two attached hydrogens (primary N) is 1. The van der Waals surface area contributed by atoms with Gasteiger partial charge < -0.3 is 15.4 Å². The zero-order chi connectivity index (χ0) is 11.8. The van der Waals surface area contributed by atoms with Gasteiger partial charge >= 0.3 is 6.09 Å². The molecule has 16 heavy (non-hydrogen) atoms. The van der Waals surface area contributed by atoms with Crippen molar-refractivity contribution >= 4 is 11.8 Å². The number of benzene rings is 1. The molecular weight excluding hydrogens is 204 g/mol. The second-order valence-corrected chi connectivity index (χ2v) is 4.39. The second-order valence-electron chi connectivity index (χ2n) is 4.39. The van der Waals surface area contributed by atoms with E-state index in [2.05, 4.69) is 0 Å². The summed E-state index contributed by atoms with van der Waals surface area (Å²) in [6.07, 6.45) is 0.518. The van der Waals surface area contributed by atoms with Crippen molar-refractivity contribution in [2.24, 2.45) is 0 Å². The third kappa shape index (κ3) is 1.83. The van der Waals surface area contributed by atoms with Crippen LogP contribution in [0.15, 0.2) is 24.3 Å². The fraction of sp³-hybridized carbons (Fsp3) is 0.417. The Balaban J connectivity index is 2.25. The first-order valence-electron chi connectivity index (χ1n) is 5.31. The van der Waals surface area contributed by atoms with Crippen LogP contribution in [0.5, 0.6) is 0 Å². The zero-order valence-corrected chi connectivity index (χ0v) is 9.56. The topological polar surface area (TPSA) is 55.6 Å². The molecule has 1 aromatic rings. The maximum absolute atomic E-state index is 11.5. The smallest absolute Gasteiger partial charge is 0.410 e. The zero-order valence-electron chi connectivity index (χ0n) is 9.56. The van der Waals surface area contributed by atoms with Crippen molar-refractivity contribution in [3.63, 3.8) is 0 Å². The van der Waals surface area contributed by atoms with Gasteiger partial charge in [-0.1, -0.05) is 12.1 Å². The molecular formula is C12H16N2O2. The molecule has 1 amide bonds. The summed E-state index contributed by atoms with van der Waals surface area (Å²) in [5.41, 5.74) is 6.81. The average molecular weight is 220 g/mol. The second kappa shape index (κ2) is 3.70. The Kier molecular flexibility index (Phi) is 2.50. The summed E-state index contributed by atoms with van der Waals surface area (Å²) in [5, 5.41) is 0. The third-order valence-electron chi connectivity index (χ3n) is 3.07. The van der Waals surface area contributed by atoms with Crippen LogP contribution in [0.25, 0.3) is 0 Å². The summed E-state index contributed by atoms with van der Waals surface area (Å²) in [6.45, 7) is 2.64. The van der Waals surface area contributed by atoms with E-state index in [-0.39, 0.29) is 6.09 Å². The summed E-state index contributed by atoms with van der Waals surface area (Å²) in [7, 11) is 1.74. The van der Waals surface area contributed by atoms with E-state index in [1.54, 1.807) is 11.9 Å². The molecule has 1 aromatic carbocycles. The van der Waals surface area contributed by atoms with Gasteiger partial charge in [-0.25, -0.2) is 4.79 Å². The first-order chi connectivity index (χ1) is 7.51. The molecule has 4 heteroatoms. The molecule has 1 unspecified atom stereocenters. The van der Waals surface area contributed by atoms with Gasteiger partial charge in [-0.05, 0) is 24.6 Å². The van der Waals surface area contributed by atoms with E-state index in [1.807, 2.05) is 31.2 Å². The molecule has 86 valence electrons. The molecule has 1 aliphatic heterocycles. The molecule has 0 aliphatic carbocycles. The summed E-state index contributed by atoms with van der Waals surface area (Å²) in [5.74, 6) is 0. The molecule has 0 bridgehead atoms. The largest absolute Gasteiger partial charge is 0.438 e. The van der Waals surface area contributed by atoms with Gasteiger partial charge in [0, 0.05) is 25.7 Å². The number of carbonyl (C=O) groups excluding carboxylic acids is 1. The number of hydrogen-bond acceptors (Lipinski definition) is 3. The minimum atomic E-state index is -0.530. The minimum Gasteiger partial charge on any atom is -0.438 e. The highest BCUT2D eigenvalue weighted by molar-refractivity contribution is 5.69. The number of nitrogen functional groups attached to an aromatic ring is 1. The number of hydrogen-bond donors (Lipinski definition) is 1. The van der Waals surface area contributed by atoms with Gasteiger partial charge in [0.05, 0.1) is 0 Å². The number of amides is 1. The van der Waals surface area contributed by atoms with Gasteiger partial charge in [-0.3, -0.25) is 0 Å². The van der Waals surface area contributed by atoms with Gasteiger partial charge in [0.15, 0.2) is 0 Å². The number of rotatable bonds is 1. The maximum Gasteiger partial charge on any atom is 0.410 e. The highest BCUT2D eigenvalue weighted by Gasteiger charge is 2.36. The number of carbonyl (C=O) groups is 1. The van der Waals surface area contributed by atoms with Crippen molar-refractivity contribution in [1.82, 2.24) is 4.90 Å². The van der Waals surface area contributed by atoms with Gasteiger partial charge in [0.1, 0.15) is 5.60 Å². The van der Waals surface area contributed by atoms with Crippen LogP contribution in [0.3, 0.4) is 0 Å². The lowest BCUT2D eigenvalue weighted by Crippen LogP contribution is -2.44. The van der Waals surface area contributed by atoms with Crippen LogP contribution in [0.1, 0.15) is 18.9 Å². The Bertz CT molecular complexity index is 402. The number of nitrogens with zero attached hydrogens (tertiary/aromatic N) is 1. The van der Waals surface area contributed by atoms with E-state index in [9.17, 15) is 4.79 Å². The van der Waals surface area contributed by atoms with E-state index in [0.717, 1.165) is 12.0 Å². The monoisotopic (exact) mass is 220 g/mol. The molecule has 2 rings (SSSR count). The van der Waals surface area contributed by atoms with Crippen molar-refractivity contribution < 1.29 is 9.53 Å². The minimum absolute atomic E-state index is 0.273. The first kappa shape index (κ1) is 10.8. The number of anilines is 1. The Morgan fingerprint density at radius 3 is 2.56 bits per heavy atom. The van der Waals surface area contributed by atoms with Crippen molar-refractivity contribution in [2.75, 3.05) is 19.3 Å². The van der Waals surface area contributed by atoms with Crippen LogP contribution in [0.2, 0.25) is 0 Å². The molecule has 0 radical (unpaired) electrons. The van der Waals surface area contributed by atoms with E-state index >= 15 is 0 Å². The summed E-state index contributed by atoms with van der Waals surface area (Å²) >= 11 is 0. The van der Waals surface area contributed by atoms with Crippen LogP contribution in [0.4, 0.5) is 10.5 Å². The Labute approximate surface area is 95.0 Å². The van der Waals surface area contributed by atoms with E-state index in [1.165, 1.54) is 0 Å². The molecule has 1 fully saturated rings. The fourth-order valence-corrected chi connectivity index (χ4v) is 1.83. The van der Waals surface area contributed by atoms with Crippen molar-refractivity contribution in [3.05, 3.63) is 29.8 Å². The lowest BCUT2D eigenvalue weighted by atomic mass is 9.91. The molecule has 4 nitrogen and oxygen atoms in total. The van der Waals surface area contributed by atoms with E-state index < -0.39 is 5.60 Å². The third-order valence-corrected chi connectivity index (χ3v) is 3.07. The first-order valence-corrected chi connectivity index (χ1v) is 5.31. The predicted molar refractivity (Wildman–Crippen MR) is 61.9 cm³/mol. The summed E-state index contributed by atoms with van der Waals surface area (Å²) in [6, 6.07) is 7.47. The van der Waals surface area contributed by atoms with Gasteiger partial charge in [-0.2, -0.15) is 0 Å². The molecule has 1 saturated heterocycles. The number of ether oxygens (including phenoxy) is 1. The van der Waals surface area contributed by atoms with Crippen LogP contribution >= 0.6 is 0 Å². The Morgan fingerprint density at radius 1 is 1.38 bits per heavy atom. The highest BCUT2D eigenvalue weighted by atomic mass is 16.6. The molecule has 1 aliphatic rings. The van der Waals surface area contributed by atoms with Crippen LogP contribution < -0.4 is 5.73 Å². The molecule has 0 spiro atoms. The average Bonchev–Trinajstić information content (AvgIpc) is 2.25. The van der Waals surface area contributed by atoms with Crippen LogP contribution in [0, 0.1) is 0 Å². The van der Waals surface area contributed by atoms with Gasteiger partial charge in [0.2, 0.25) is 0 Å². The Morgan fingerprint density at radius 2 is 2.00 bits per heavy atom. The van der Waals surface area contributed by atoms with Crippen molar-refractivity contribution in [1.29, 1.82) is 0 Å². The molecule has 1 heterocycles. The predicted octanol–water partition coefficient (Wildman–Crippen LogP) is 1.96. The van der Waals surface area contributed by atoms with E-state index in [4.69, 9.17) is 10.5 Å². The van der Waals surface area contributed by atoms with Gasteiger partial charge in [-0.15, -0.1) is 0 Å². The van der Waals surface area contributed by atoms with Crippen LogP contribution in [-0.2, 0) is 10.3 Å². The summed E-state index contributed by atoms with van der Waals surface area (Å²) in [4.78, 5) is 13.1. The lowest BCUT2D eigenvalue weighted by molar-refractivity contribution is -0.0350. The van der Waals surface area contributed by atoms with Gasteiger partial charge in [0.25, 0.3) is 0 Å². The normalized spacial score (nSPS) is 25.4. The lowest BCUT2D eigenvalue weighted by Gasteiger charge is -2.37. The molecule has 1 atom stereocenters. The summed E-state index contributed by atoms with van der Waals surface area (Å²) < 4.78 is 5.46. The van der Waals surface area contributed by atoms with Crippen molar-refractivity contribution in [3.8, 4) is 0 Å². The molecule has 2 N–H and O–H groups in total. The Hall–Kier alpha value is -1.71. The van der Waals surface area contributed by atoms with Crippen LogP contribution in [-0.4, -0.2) is 24.6 Å². The van der Waals surface area contributed by atoms with Crippen molar-refractivity contribution in [2.45, 2.75) is 18.9 Å². The SMILES string of the molecule is CN1CCC(C)(c2ccc(N)cc2)OC1=O. The van der Waals surface area contributed by atoms with E-state index in [0.29, 0.717) is 12.2 Å². The maximum atomic E-state index is 11.5. The fourth-order valence-electron chi connectivity index (χ4n) is 1.83. The number of cyclic esters (lactones) is 1. The quantitative estimate of drug-likeness (QED) is 0.736. The molecule has 0 aromatic heterocycles. The standard InChI is InChI=1S/C12H16N2O2/c1-12(7-8-14(2)11(15)16-12)9-3-5-10(13)6-4-9/h3-6H,7-8,13H2,1-2H3. The highest BCUT2D eigenvalue weighted by Crippen LogP contribution is 2.33.